The third-order valence-corrected chi connectivity index (χ3v) is 16.7. The van der Waals surface area contributed by atoms with Crippen molar-refractivity contribution in [3.63, 3.8) is 0 Å². The number of esters is 4. The number of aliphatic hydroxyl groups is 1. The van der Waals surface area contributed by atoms with Gasteiger partial charge in [-0.25, -0.2) is 9.13 Å². The highest BCUT2D eigenvalue weighted by Crippen LogP contribution is 2.45. The van der Waals surface area contributed by atoms with Crippen LogP contribution < -0.4 is 0 Å². The lowest BCUT2D eigenvalue weighted by atomic mass is 10.0. The average Bonchev–Trinajstić information content (AvgIpc) is 3.49. The third-order valence-electron chi connectivity index (χ3n) is 14.8. The monoisotopic (exact) mass is 1240 g/mol. The summed E-state index contributed by atoms with van der Waals surface area (Å²) in [5, 5.41) is 10.5. The van der Waals surface area contributed by atoms with E-state index in [4.69, 9.17) is 37.0 Å². The van der Waals surface area contributed by atoms with E-state index >= 15 is 0 Å². The van der Waals surface area contributed by atoms with Crippen molar-refractivity contribution in [1.29, 1.82) is 0 Å². The number of hydrogen-bond donors (Lipinski definition) is 3. The number of unbranched alkanes of at least 4 members (excludes halogenated alkanes) is 28. The first-order valence-electron chi connectivity index (χ1n) is 33.7. The molecule has 5 atom stereocenters. The first-order valence-corrected chi connectivity index (χ1v) is 36.7. The van der Waals surface area contributed by atoms with Gasteiger partial charge in [0.05, 0.1) is 26.4 Å². The van der Waals surface area contributed by atoms with E-state index in [1.807, 2.05) is 0 Å². The molecule has 0 heterocycles. The molecule has 498 valence electrons. The summed E-state index contributed by atoms with van der Waals surface area (Å²) in [4.78, 5) is 72.2. The lowest BCUT2D eigenvalue weighted by Gasteiger charge is -2.21. The molecule has 84 heavy (non-hydrogen) atoms. The van der Waals surface area contributed by atoms with Gasteiger partial charge >= 0.3 is 39.5 Å². The SMILES string of the molecule is CC(C)CCCCCCCCCCCCC(=O)OC[C@H](COP(=O)(O)OCC(O)COP(=O)(O)OC[C@@H](COC(=O)CCCCCCCCCCC(C)C)OC(=O)CCCCCCCCCC(C)C)OC(=O)CCCCCCCCCC(C)C. The Morgan fingerprint density at radius 2 is 0.500 bits per heavy atom. The highest BCUT2D eigenvalue weighted by Gasteiger charge is 2.30. The second-order valence-corrected chi connectivity index (χ2v) is 28.3. The van der Waals surface area contributed by atoms with Crippen LogP contribution in [0.2, 0.25) is 0 Å². The molecule has 0 aromatic heterocycles. The molecule has 0 bridgehead atoms. The van der Waals surface area contributed by atoms with Gasteiger partial charge < -0.3 is 33.8 Å². The topological polar surface area (TPSA) is 237 Å². The number of aliphatic hydroxyl groups excluding tert-OH is 1. The van der Waals surface area contributed by atoms with E-state index in [2.05, 4.69) is 55.4 Å². The Labute approximate surface area is 511 Å². The zero-order chi connectivity index (χ0) is 62.5. The van der Waals surface area contributed by atoms with Gasteiger partial charge in [-0.05, 0) is 49.4 Å². The standard InChI is InChI=1S/C65H126O17P2/c1-55(2)41-33-25-17-11-9-10-12-21-29-37-45-62(67)75-51-60(81-64(69)47-39-31-23-15-19-27-35-43-57(5)6)53-79-83(71,72)77-49-59(66)50-78-84(73,74)80-54-61(82-65(70)48-40-32-24-16-20-28-36-44-58(7)8)52-76-63(68)46-38-30-22-14-13-18-26-34-42-56(3)4/h55-61,66H,9-54H2,1-8H3,(H,71,72)(H,73,74)/t59?,60-,61-/m1/s1. The Balaban J connectivity index is 5.24. The van der Waals surface area contributed by atoms with Gasteiger partial charge in [0.1, 0.15) is 19.3 Å². The van der Waals surface area contributed by atoms with Crippen molar-refractivity contribution in [2.45, 2.75) is 331 Å². The first-order chi connectivity index (χ1) is 40.1. The molecule has 0 aromatic rings. The molecule has 0 spiro atoms. The lowest BCUT2D eigenvalue weighted by Crippen LogP contribution is -2.30. The summed E-state index contributed by atoms with van der Waals surface area (Å²) >= 11 is 0. The summed E-state index contributed by atoms with van der Waals surface area (Å²) in [5.74, 6) is 0.736. The minimum absolute atomic E-state index is 0.102. The zero-order valence-electron chi connectivity index (χ0n) is 54.5. The maximum absolute atomic E-state index is 13.0. The van der Waals surface area contributed by atoms with Crippen LogP contribution in [0.25, 0.3) is 0 Å². The molecular weight excluding hydrogens is 1110 g/mol. The molecule has 17 nitrogen and oxygen atoms in total. The maximum Gasteiger partial charge on any atom is 0.472 e. The summed E-state index contributed by atoms with van der Waals surface area (Å²) in [6.45, 7) is 13.9. The molecule has 0 rings (SSSR count). The van der Waals surface area contributed by atoms with Gasteiger partial charge in [-0.3, -0.25) is 37.3 Å². The Kier molecular flexibility index (Phi) is 53.9. The molecule has 0 aliphatic rings. The smallest absolute Gasteiger partial charge is 0.462 e. The van der Waals surface area contributed by atoms with Gasteiger partial charge in [-0.1, -0.05) is 261 Å². The maximum atomic E-state index is 13.0. The van der Waals surface area contributed by atoms with E-state index in [-0.39, 0.29) is 25.7 Å². The van der Waals surface area contributed by atoms with Gasteiger partial charge in [0.2, 0.25) is 0 Å². The predicted molar refractivity (Wildman–Crippen MR) is 335 cm³/mol. The average molecular weight is 1240 g/mol. The number of ether oxygens (including phenoxy) is 4. The van der Waals surface area contributed by atoms with Gasteiger partial charge in [0.15, 0.2) is 12.2 Å². The Bertz CT molecular complexity index is 1680. The quantitative estimate of drug-likeness (QED) is 0.0222. The molecule has 0 aliphatic heterocycles. The number of carbonyl (C=O) groups excluding carboxylic acids is 4. The summed E-state index contributed by atoms with van der Waals surface area (Å²) in [6, 6.07) is 0. The molecule has 3 N–H and O–H groups in total. The fourth-order valence-electron chi connectivity index (χ4n) is 9.61. The van der Waals surface area contributed by atoms with Crippen molar-refractivity contribution in [2.24, 2.45) is 23.7 Å². The predicted octanol–water partition coefficient (Wildman–Crippen LogP) is 17.8. The first kappa shape index (κ1) is 82.1. The third kappa shape index (κ3) is 59.0. The molecule has 19 heteroatoms. The van der Waals surface area contributed by atoms with Crippen LogP contribution in [-0.2, 0) is 65.4 Å². The summed E-state index contributed by atoms with van der Waals surface area (Å²) < 4.78 is 68.0. The van der Waals surface area contributed by atoms with Crippen molar-refractivity contribution in [1.82, 2.24) is 0 Å². The van der Waals surface area contributed by atoms with E-state index < -0.39 is 97.5 Å². The highest BCUT2D eigenvalue weighted by atomic mass is 31.2. The van der Waals surface area contributed by atoms with Crippen LogP contribution in [0.5, 0.6) is 0 Å². The number of hydrogen-bond acceptors (Lipinski definition) is 15. The highest BCUT2D eigenvalue weighted by molar-refractivity contribution is 7.47. The molecule has 0 radical (unpaired) electrons. The Morgan fingerprint density at radius 3 is 0.738 bits per heavy atom. The van der Waals surface area contributed by atoms with Crippen molar-refractivity contribution in [3.05, 3.63) is 0 Å². The van der Waals surface area contributed by atoms with E-state index in [9.17, 15) is 43.2 Å². The second-order valence-electron chi connectivity index (χ2n) is 25.4. The van der Waals surface area contributed by atoms with Crippen molar-refractivity contribution in [2.75, 3.05) is 39.6 Å². The van der Waals surface area contributed by atoms with Crippen LogP contribution in [-0.4, -0.2) is 96.7 Å². The van der Waals surface area contributed by atoms with Gasteiger partial charge in [-0.2, -0.15) is 0 Å². The fourth-order valence-corrected chi connectivity index (χ4v) is 11.2. The number of phosphoric ester groups is 2. The number of rotatable bonds is 62. The molecule has 0 aliphatic carbocycles. The van der Waals surface area contributed by atoms with Gasteiger partial charge in [-0.15, -0.1) is 0 Å². The number of carbonyl (C=O) groups is 4. The minimum Gasteiger partial charge on any atom is -0.462 e. The van der Waals surface area contributed by atoms with E-state index in [1.54, 1.807) is 0 Å². The van der Waals surface area contributed by atoms with Crippen molar-refractivity contribution >= 4 is 39.5 Å². The molecular formula is C65H126O17P2. The van der Waals surface area contributed by atoms with Crippen LogP contribution in [0.3, 0.4) is 0 Å². The van der Waals surface area contributed by atoms with E-state index in [1.165, 1.54) is 116 Å². The fraction of sp³-hybridized carbons (Fsp3) is 0.938. The molecule has 0 aromatic carbocycles. The Morgan fingerprint density at radius 1 is 0.298 bits per heavy atom. The normalized spacial score (nSPS) is 14.4. The summed E-state index contributed by atoms with van der Waals surface area (Å²) in [6.07, 6.45) is 35.0. The van der Waals surface area contributed by atoms with Crippen molar-refractivity contribution in [3.8, 4) is 0 Å². The van der Waals surface area contributed by atoms with Crippen LogP contribution in [0.4, 0.5) is 0 Å². The summed E-state index contributed by atoms with van der Waals surface area (Å²) in [5.41, 5.74) is 0. The lowest BCUT2D eigenvalue weighted by molar-refractivity contribution is -0.161. The van der Waals surface area contributed by atoms with Gasteiger partial charge in [0.25, 0.3) is 0 Å². The molecule has 0 saturated heterocycles. The molecule has 0 fully saturated rings. The largest absolute Gasteiger partial charge is 0.472 e. The molecule has 3 unspecified atom stereocenters. The van der Waals surface area contributed by atoms with Crippen LogP contribution in [0.1, 0.15) is 312 Å². The van der Waals surface area contributed by atoms with E-state index in [0.717, 1.165) is 102 Å². The van der Waals surface area contributed by atoms with Crippen LogP contribution in [0, 0.1) is 23.7 Å². The Hall–Kier alpha value is -1.94. The minimum atomic E-state index is -4.95. The molecule has 0 amide bonds. The van der Waals surface area contributed by atoms with Crippen LogP contribution in [0.15, 0.2) is 0 Å². The van der Waals surface area contributed by atoms with Gasteiger partial charge in [0, 0.05) is 25.7 Å². The van der Waals surface area contributed by atoms with Crippen molar-refractivity contribution < 1.29 is 80.2 Å². The molecule has 0 saturated carbocycles. The second kappa shape index (κ2) is 55.2. The zero-order valence-corrected chi connectivity index (χ0v) is 56.3. The van der Waals surface area contributed by atoms with Crippen LogP contribution >= 0.6 is 15.6 Å². The van der Waals surface area contributed by atoms with E-state index in [0.29, 0.717) is 37.5 Å². The number of phosphoric acid groups is 2. The summed E-state index contributed by atoms with van der Waals surface area (Å²) in [7, 11) is -9.89.